The molecule has 1 aromatic carbocycles. The van der Waals surface area contributed by atoms with Crippen LogP contribution in [0.25, 0.3) is 0 Å². The highest BCUT2D eigenvalue weighted by atomic mass is 79.9. The maximum absolute atomic E-state index is 11.3. The van der Waals surface area contributed by atoms with E-state index in [1.54, 1.807) is 0 Å². The molecule has 1 rings (SSSR count). The van der Waals surface area contributed by atoms with Crippen LogP contribution in [0.2, 0.25) is 0 Å². The molecule has 0 atom stereocenters. The summed E-state index contributed by atoms with van der Waals surface area (Å²) in [6.45, 7) is 5.38. The molecule has 0 spiro atoms. The summed E-state index contributed by atoms with van der Waals surface area (Å²) in [6, 6.07) is 6.17. The van der Waals surface area contributed by atoms with Gasteiger partial charge in [-0.15, -0.1) is 0 Å². The van der Waals surface area contributed by atoms with E-state index in [2.05, 4.69) is 35.0 Å². The van der Waals surface area contributed by atoms with Gasteiger partial charge in [0.05, 0.1) is 13.2 Å². The van der Waals surface area contributed by atoms with Crippen LogP contribution < -0.4 is 0 Å². The molecule has 0 aromatic heterocycles. The lowest BCUT2D eigenvalue weighted by Gasteiger charge is -2.17. The Morgan fingerprint density at radius 2 is 2.18 bits per heavy atom. The molecule has 0 bridgehead atoms. The van der Waals surface area contributed by atoms with E-state index in [4.69, 9.17) is 4.74 Å². The van der Waals surface area contributed by atoms with Gasteiger partial charge in [0.15, 0.2) is 0 Å². The van der Waals surface area contributed by atoms with Gasteiger partial charge in [0.2, 0.25) is 0 Å². The summed E-state index contributed by atoms with van der Waals surface area (Å²) >= 11 is 3.45. The van der Waals surface area contributed by atoms with Crippen molar-refractivity contribution >= 4 is 21.9 Å². The first kappa shape index (κ1) is 14.2. The average Bonchev–Trinajstić information content (AvgIpc) is 2.23. The van der Waals surface area contributed by atoms with Gasteiger partial charge < -0.3 is 4.74 Å². The fourth-order valence-corrected chi connectivity index (χ4v) is 1.99. The fourth-order valence-electron chi connectivity index (χ4n) is 1.58. The highest BCUT2D eigenvalue weighted by molar-refractivity contribution is 9.10. The maximum Gasteiger partial charge on any atom is 0.320 e. The molecule has 0 aliphatic heterocycles. The molecule has 0 amide bonds. The Bertz CT molecular complexity index is 393. The largest absolute Gasteiger partial charge is 0.465 e. The van der Waals surface area contributed by atoms with Crippen molar-refractivity contribution in [2.24, 2.45) is 0 Å². The third-order valence-corrected chi connectivity index (χ3v) is 2.95. The third kappa shape index (κ3) is 4.88. The zero-order valence-corrected chi connectivity index (χ0v) is 12.1. The van der Waals surface area contributed by atoms with Crippen molar-refractivity contribution in [3.05, 3.63) is 33.8 Å². The SMILES string of the molecule is CCOC(=O)CN(C)Cc1cc(Br)ccc1C. The van der Waals surface area contributed by atoms with E-state index in [0.717, 1.165) is 11.0 Å². The summed E-state index contributed by atoms with van der Waals surface area (Å²) in [7, 11) is 1.91. The van der Waals surface area contributed by atoms with Crippen LogP contribution in [0.4, 0.5) is 0 Å². The van der Waals surface area contributed by atoms with Gasteiger partial charge in [-0.3, -0.25) is 9.69 Å². The van der Waals surface area contributed by atoms with Crippen LogP contribution in [0.3, 0.4) is 0 Å². The minimum Gasteiger partial charge on any atom is -0.465 e. The van der Waals surface area contributed by atoms with Crippen molar-refractivity contribution in [2.45, 2.75) is 20.4 Å². The Morgan fingerprint density at radius 1 is 1.47 bits per heavy atom. The predicted molar refractivity (Wildman–Crippen MR) is 71.8 cm³/mol. The second-order valence-corrected chi connectivity index (χ2v) is 4.96. The van der Waals surface area contributed by atoms with Crippen LogP contribution in [0.1, 0.15) is 18.1 Å². The molecule has 0 aliphatic rings. The summed E-state index contributed by atoms with van der Waals surface area (Å²) in [6.07, 6.45) is 0. The van der Waals surface area contributed by atoms with Gasteiger partial charge in [0.25, 0.3) is 0 Å². The predicted octanol–water partition coefficient (Wildman–Crippen LogP) is 2.75. The first-order chi connectivity index (χ1) is 8.02. The number of ether oxygens (including phenoxy) is 1. The number of esters is 1. The monoisotopic (exact) mass is 299 g/mol. The highest BCUT2D eigenvalue weighted by Gasteiger charge is 2.09. The minimum atomic E-state index is -0.178. The number of hydrogen-bond donors (Lipinski definition) is 0. The third-order valence-electron chi connectivity index (χ3n) is 2.46. The van der Waals surface area contributed by atoms with Gasteiger partial charge >= 0.3 is 5.97 Å². The van der Waals surface area contributed by atoms with Crippen LogP contribution in [0.5, 0.6) is 0 Å². The molecule has 17 heavy (non-hydrogen) atoms. The lowest BCUT2D eigenvalue weighted by Crippen LogP contribution is -2.27. The number of benzene rings is 1. The van der Waals surface area contributed by atoms with Crippen LogP contribution in [-0.2, 0) is 16.1 Å². The Hall–Kier alpha value is -0.870. The summed E-state index contributed by atoms with van der Waals surface area (Å²) in [5.41, 5.74) is 2.44. The summed E-state index contributed by atoms with van der Waals surface area (Å²) in [4.78, 5) is 13.3. The number of hydrogen-bond acceptors (Lipinski definition) is 3. The van der Waals surface area contributed by atoms with Crippen molar-refractivity contribution in [1.82, 2.24) is 4.90 Å². The van der Waals surface area contributed by atoms with Crippen molar-refractivity contribution in [3.8, 4) is 0 Å². The standard InChI is InChI=1S/C13H18BrNO2/c1-4-17-13(16)9-15(3)8-11-7-12(14)6-5-10(11)2/h5-7H,4,8-9H2,1-3H3. The molecular weight excluding hydrogens is 282 g/mol. The van der Waals surface area contributed by atoms with E-state index in [9.17, 15) is 4.79 Å². The fraction of sp³-hybridized carbons (Fsp3) is 0.462. The number of likely N-dealkylation sites (N-methyl/N-ethyl adjacent to an activating group) is 1. The second-order valence-electron chi connectivity index (χ2n) is 4.05. The maximum atomic E-state index is 11.3. The first-order valence-corrected chi connectivity index (χ1v) is 6.41. The van der Waals surface area contributed by atoms with Crippen LogP contribution in [-0.4, -0.2) is 31.1 Å². The van der Waals surface area contributed by atoms with Crippen molar-refractivity contribution < 1.29 is 9.53 Å². The Balaban J connectivity index is 2.58. The Labute approximate surface area is 111 Å². The van der Waals surface area contributed by atoms with Gasteiger partial charge in [-0.2, -0.15) is 0 Å². The van der Waals surface area contributed by atoms with Gasteiger partial charge in [-0.25, -0.2) is 0 Å². The second kappa shape index (κ2) is 6.77. The lowest BCUT2D eigenvalue weighted by molar-refractivity contribution is -0.144. The topological polar surface area (TPSA) is 29.5 Å². The molecule has 0 aliphatic carbocycles. The number of nitrogens with zero attached hydrogens (tertiary/aromatic N) is 1. The van der Waals surface area contributed by atoms with Gasteiger partial charge in [-0.05, 0) is 44.2 Å². The summed E-state index contributed by atoms with van der Waals surface area (Å²) < 4.78 is 5.97. The number of rotatable bonds is 5. The molecular formula is C13H18BrNO2. The molecule has 0 N–H and O–H groups in total. The van der Waals surface area contributed by atoms with E-state index in [0.29, 0.717) is 13.2 Å². The van der Waals surface area contributed by atoms with E-state index in [1.165, 1.54) is 11.1 Å². The highest BCUT2D eigenvalue weighted by Crippen LogP contribution is 2.17. The van der Waals surface area contributed by atoms with Gasteiger partial charge in [0, 0.05) is 11.0 Å². The normalized spacial score (nSPS) is 10.6. The first-order valence-electron chi connectivity index (χ1n) is 5.62. The molecule has 0 unspecified atom stereocenters. The molecule has 0 saturated carbocycles. The van der Waals surface area contributed by atoms with E-state index in [-0.39, 0.29) is 5.97 Å². The number of aryl methyl sites for hydroxylation is 1. The van der Waals surface area contributed by atoms with Crippen molar-refractivity contribution in [2.75, 3.05) is 20.2 Å². The van der Waals surface area contributed by atoms with Crippen LogP contribution in [0, 0.1) is 6.92 Å². The van der Waals surface area contributed by atoms with Gasteiger partial charge in [-0.1, -0.05) is 22.0 Å². The number of halogens is 1. The molecule has 3 nitrogen and oxygen atoms in total. The quantitative estimate of drug-likeness (QED) is 0.783. The van der Waals surface area contributed by atoms with E-state index in [1.807, 2.05) is 24.9 Å². The van der Waals surface area contributed by atoms with Crippen LogP contribution in [0.15, 0.2) is 22.7 Å². The zero-order chi connectivity index (χ0) is 12.8. The van der Waals surface area contributed by atoms with Gasteiger partial charge in [0.1, 0.15) is 0 Å². The van der Waals surface area contributed by atoms with Crippen molar-refractivity contribution in [3.63, 3.8) is 0 Å². The summed E-state index contributed by atoms with van der Waals surface area (Å²) in [5.74, 6) is -0.178. The summed E-state index contributed by atoms with van der Waals surface area (Å²) in [5, 5.41) is 0. The molecule has 0 radical (unpaired) electrons. The Kier molecular flexibility index (Phi) is 5.65. The number of carbonyl (C=O) groups excluding carboxylic acids is 1. The molecule has 0 saturated heterocycles. The smallest absolute Gasteiger partial charge is 0.320 e. The Morgan fingerprint density at radius 3 is 2.82 bits per heavy atom. The molecule has 0 fully saturated rings. The average molecular weight is 300 g/mol. The molecule has 0 heterocycles. The minimum absolute atomic E-state index is 0.178. The van der Waals surface area contributed by atoms with Crippen molar-refractivity contribution in [1.29, 1.82) is 0 Å². The molecule has 94 valence electrons. The van der Waals surface area contributed by atoms with E-state index < -0.39 is 0 Å². The number of carbonyl (C=O) groups is 1. The van der Waals surface area contributed by atoms with E-state index >= 15 is 0 Å². The molecule has 1 aromatic rings. The zero-order valence-electron chi connectivity index (χ0n) is 10.5. The molecule has 4 heteroatoms. The lowest BCUT2D eigenvalue weighted by atomic mass is 10.1. The van der Waals surface area contributed by atoms with Crippen LogP contribution >= 0.6 is 15.9 Å².